The Labute approximate surface area is 146 Å². The number of likely N-dealkylation sites (tertiary alicyclic amines) is 1. The number of thiophene rings is 1. The normalized spacial score (nSPS) is 17.5. The van der Waals surface area contributed by atoms with Crippen molar-refractivity contribution in [2.75, 3.05) is 34.3 Å². The lowest BCUT2D eigenvalue weighted by Gasteiger charge is -2.18. The maximum absolute atomic E-state index is 12.9. The summed E-state index contributed by atoms with van der Waals surface area (Å²) in [6.45, 7) is 2.29. The summed E-state index contributed by atoms with van der Waals surface area (Å²) >= 11 is 1.54. The molecule has 2 aromatic rings. The van der Waals surface area contributed by atoms with E-state index in [1.807, 2.05) is 36.5 Å². The maximum Gasteiger partial charge on any atom is 0.264 e. The number of carbonyl (C=O) groups is 1. The van der Waals surface area contributed by atoms with E-state index < -0.39 is 0 Å². The molecule has 6 heteroatoms. The smallest absolute Gasteiger partial charge is 0.264 e. The third-order valence-electron chi connectivity index (χ3n) is 4.34. The largest absolute Gasteiger partial charge is 0.481 e. The number of ether oxygens (including phenoxy) is 1. The molecule has 1 atom stereocenters. The molecule has 3 heterocycles. The van der Waals surface area contributed by atoms with Crippen molar-refractivity contribution in [1.82, 2.24) is 14.8 Å². The fourth-order valence-corrected chi connectivity index (χ4v) is 4.10. The lowest BCUT2D eigenvalue weighted by Crippen LogP contribution is -2.29. The van der Waals surface area contributed by atoms with Crippen molar-refractivity contribution in [2.24, 2.45) is 0 Å². The highest BCUT2D eigenvalue weighted by Crippen LogP contribution is 2.33. The molecule has 1 unspecified atom stereocenters. The molecular formula is C18H23N3O2S. The van der Waals surface area contributed by atoms with E-state index in [1.165, 1.54) is 11.3 Å². The van der Waals surface area contributed by atoms with Gasteiger partial charge in [-0.3, -0.25) is 4.79 Å². The fourth-order valence-electron chi connectivity index (χ4n) is 3.22. The van der Waals surface area contributed by atoms with Crippen LogP contribution in [0.25, 0.3) is 0 Å². The van der Waals surface area contributed by atoms with E-state index in [2.05, 4.69) is 16.0 Å². The van der Waals surface area contributed by atoms with Crippen molar-refractivity contribution in [3.8, 4) is 5.88 Å². The molecule has 1 saturated heterocycles. The Morgan fingerprint density at radius 2 is 2.29 bits per heavy atom. The van der Waals surface area contributed by atoms with Crippen LogP contribution in [0.2, 0.25) is 0 Å². The first-order valence-corrected chi connectivity index (χ1v) is 8.97. The highest BCUT2D eigenvalue weighted by molar-refractivity contribution is 7.12. The molecule has 0 aromatic carbocycles. The number of pyridine rings is 1. The number of hydrogen-bond acceptors (Lipinski definition) is 5. The van der Waals surface area contributed by atoms with Crippen molar-refractivity contribution in [1.29, 1.82) is 0 Å². The standard InChI is InChI=1S/C18H23N3O2S/c1-20(2)11-14-7-10-24-16(14)18(22)21-9-6-13(12-21)15-5-4-8-19-17(15)23-3/h4-5,7-8,10,13H,6,9,11-12H2,1-3H3. The molecule has 0 radical (unpaired) electrons. The monoisotopic (exact) mass is 345 g/mol. The summed E-state index contributed by atoms with van der Waals surface area (Å²) in [6.07, 6.45) is 2.68. The van der Waals surface area contributed by atoms with Gasteiger partial charge in [-0.25, -0.2) is 4.98 Å². The molecule has 1 amide bonds. The van der Waals surface area contributed by atoms with Crippen LogP contribution in [-0.2, 0) is 6.54 Å². The van der Waals surface area contributed by atoms with Crippen LogP contribution >= 0.6 is 11.3 Å². The Kier molecular flexibility index (Phi) is 5.16. The highest BCUT2D eigenvalue weighted by Gasteiger charge is 2.31. The van der Waals surface area contributed by atoms with Crippen molar-refractivity contribution >= 4 is 17.2 Å². The number of hydrogen-bond donors (Lipinski definition) is 0. The number of carbonyl (C=O) groups excluding carboxylic acids is 1. The van der Waals surface area contributed by atoms with Gasteiger partial charge in [0.1, 0.15) is 0 Å². The van der Waals surface area contributed by atoms with Gasteiger partial charge in [0.15, 0.2) is 0 Å². The first-order valence-electron chi connectivity index (χ1n) is 8.09. The van der Waals surface area contributed by atoms with Crippen LogP contribution in [-0.4, -0.2) is 55.0 Å². The second-order valence-electron chi connectivity index (χ2n) is 6.35. The zero-order valence-corrected chi connectivity index (χ0v) is 15.2. The van der Waals surface area contributed by atoms with Crippen molar-refractivity contribution < 1.29 is 9.53 Å². The number of aromatic nitrogens is 1. The summed E-state index contributed by atoms with van der Waals surface area (Å²) in [5.74, 6) is 1.10. The molecular weight excluding hydrogens is 322 g/mol. The molecule has 5 nitrogen and oxygen atoms in total. The van der Waals surface area contributed by atoms with Crippen LogP contribution in [0.1, 0.15) is 33.1 Å². The van der Waals surface area contributed by atoms with Crippen LogP contribution in [0.15, 0.2) is 29.8 Å². The third kappa shape index (κ3) is 3.44. The minimum absolute atomic E-state index is 0.146. The predicted octanol–water partition coefficient (Wildman–Crippen LogP) is 2.84. The molecule has 3 rings (SSSR count). The predicted molar refractivity (Wildman–Crippen MR) is 95.8 cm³/mol. The lowest BCUT2D eigenvalue weighted by molar-refractivity contribution is 0.0794. The Morgan fingerprint density at radius 3 is 3.04 bits per heavy atom. The van der Waals surface area contributed by atoms with Gasteiger partial charge in [0.25, 0.3) is 5.91 Å². The van der Waals surface area contributed by atoms with E-state index in [4.69, 9.17) is 4.74 Å². The number of nitrogens with zero attached hydrogens (tertiary/aromatic N) is 3. The Hall–Kier alpha value is -1.92. The average molecular weight is 345 g/mol. The lowest BCUT2D eigenvalue weighted by atomic mass is 10.00. The van der Waals surface area contributed by atoms with Gasteiger partial charge in [-0.15, -0.1) is 11.3 Å². The molecule has 2 aromatic heterocycles. The second kappa shape index (κ2) is 7.32. The summed E-state index contributed by atoms with van der Waals surface area (Å²) in [5.41, 5.74) is 2.20. The maximum atomic E-state index is 12.9. The fraction of sp³-hybridized carbons (Fsp3) is 0.444. The number of amides is 1. The number of methoxy groups -OCH3 is 1. The van der Waals surface area contributed by atoms with Crippen molar-refractivity contribution in [3.05, 3.63) is 45.8 Å². The summed E-state index contributed by atoms with van der Waals surface area (Å²) < 4.78 is 5.37. The minimum Gasteiger partial charge on any atom is -0.481 e. The van der Waals surface area contributed by atoms with Gasteiger partial charge in [-0.05, 0) is 43.6 Å². The Bertz CT molecular complexity index is 714. The van der Waals surface area contributed by atoms with E-state index >= 15 is 0 Å². The van der Waals surface area contributed by atoms with E-state index in [-0.39, 0.29) is 11.8 Å². The summed E-state index contributed by atoms with van der Waals surface area (Å²) in [6, 6.07) is 6.03. The molecule has 1 aliphatic heterocycles. The Morgan fingerprint density at radius 1 is 1.46 bits per heavy atom. The molecule has 0 N–H and O–H groups in total. The zero-order chi connectivity index (χ0) is 17.1. The summed E-state index contributed by atoms with van der Waals surface area (Å²) in [7, 11) is 5.68. The van der Waals surface area contributed by atoms with Crippen LogP contribution in [0, 0.1) is 0 Å². The molecule has 0 bridgehead atoms. The first kappa shape index (κ1) is 16.9. The van der Waals surface area contributed by atoms with Crippen molar-refractivity contribution in [2.45, 2.75) is 18.9 Å². The quantitative estimate of drug-likeness (QED) is 0.836. The van der Waals surface area contributed by atoms with E-state index in [9.17, 15) is 4.79 Å². The SMILES string of the molecule is COc1ncccc1C1CCN(C(=O)c2sccc2CN(C)C)C1. The van der Waals surface area contributed by atoms with Gasteiger partial charge in [0, 0.05) is 37.3 Å². The van der Waals surface area contributed by atoms with E-state index in [0.29, 0.717) is 5.88 Å². The van der Waals surface area contributed by atoms with Gasteiger partial charge in [0.2, 0.25) is 5.88 Å². The molecule has 128 valence electrons. The second-order valence-corrected chi connectivity index (χ2v) is 7.27. The minimum atomic E-state index is 0.146. The molecule has 1 aliphatic rings. The number of rotatable bonds is 5. The van der Waals surface area contributed by atoms with Crippen LogP contribution in [0.4, 0.5) is 0 Å². The Balaban J connectivity index is 1.74. The van der Waals surface area contributed by atoms with Crippen LogP contribution in [0.3, 0.4) is 0 Å². The molecule has 0 saturated carbocycles. The zero-order valence-electron chi connectivity index (χ0n) is 14.4. The highest BCUT2D eigenvalue weighted by atomic mass is 32.1. The van der Waals surface area contributed by atoms with Gasteiger partial charge in [-0.1, -0.05) is 6.07 Å². The van der Waals surface area contributed by atoms with Crippen LogP contribution in [0.5, 0.6) is 5.88 Å². The average Bonchev–Trinajstić information content (AvgIpc) is 3.23. The topological polar surface area (TPSA) is 45.7 Å². The summed E-state index contributed by atoms with van der Waals surface area (Å²) in [4.78, 5) is 22.1. The third-order valence-corrected chi connectivity index (χ3v) is 5.28. The first-order chi connectivity index (χ1) is 11.6. The molecule has 0 spiro atoms. The molecule has 1 fully saturated rings. The van der Waals surface area contributed by atoms with Crippen LogP contribution < -0.4 is 4.74 Å². The molecule has 24 heavy (non-hydrogen) atoms. The van der Waals surface area contributed by atoms with Crippen molar-refractivity contribution in [3.63, 3.8) is 0 Å². The van der Waals surface area contributed by atoms with E-state index in [1.54, 1.807) is 13.3 Å². The van der Waals surface area contributed by atoms with E-state index in [0.717, 1.165) is 42.1 Å². The van der Waals surface area contributed by atoms with Gasteiger partial charge < -0.3 is 14.5 Å². The van der Waals surface area contributed by atoms with Gasteiger partial charge in [-0.2, -0.15) is 0 Å². The molecule has 0 aliphatic carbocycles. The van der Waals surface area contributed by atoms with Gasteiger partial charge in [0.05, 0.1) is 12.0 Å². The summed E-state index contributed by atoms with van der Waals surface area (Å²) in [5, 5.41) is 2.00. The van der Waals surface area contributed by atoms with Gasteiger partial charge >= 0.3 is 0 Å².